The number of hydrogen-bond acceptors (Lipinski definition) is 6. The molecule has 8 nitrogen and oxygen atoms in total. The quantitative estimate of drug-likeness (QED) is 0.165. The molecular formula is C19H14BrN3O5. The van der Waals surface area contributed by atoms with E-state index in [9.17, 15) is 25.3 Å². The fourth-order valence-corrected chi connectivity index (χ4v) is 2.52. The Morgan fingerprint density at radius 3 is 2.75 bits per heavy atom. The lowest BCUT2D eigenvalue weighted by atomic mass is 10.1. The number of hydrogen-bond donors (Lipinski definition) is 2. The molecular weight excluding hydrogens is 430 g/mol. The molecule has 0 aliphatic rings. The number of amides is 1. The molecule has 142 valence electrons. The highest BCUT2D eigenvalue weighted by Crippen LogP contribution is 2.29. The largest absolute Gasteiger partial charge is 0.506 e. The van der Waals surface area contributed by atoms with Crippen molar-refractivity contribution in [1.82, 2.24) is 0 Å². The highest BCUT2D eigenvalue weighted by atomic mass is 79.9. The number of carbonyl (C=O) groups is 1. The molecule has 0 atom stereocenters. The van der Waals surface area contributed by atoms with Crippen molar-refractivity contribution in [3.8, 4) is 17.6 Å². The zero-order valence-electron chi connectivity index (χ0n) is 14.4. The van der Waals surface area contributed by atoms with Crippen LogP contribution in [-0.4, -0.2) is 22.5 Å². The molecule has 2 aromatic rings. The van der Waals surface area contributed by atoms with Gasteiger partial charge in [-0.1, -0.05) is 28.6 Å². The lowest BCUT2D eigenvalue weighted by molar-refractivity contribution is -0.384. The van der Waals surface area contributed by atoms with E-state index in [4.69, 9.17) is 4.74 Å². The number of benzene rings is 2. The number of nitro benzene ring substituents is 1. The highest BCUT2D eigenvalue weighted by Gasteiger charge is 2.16. The van der Waals surface area contributed by atoms with Gasteiger partial charge in [0.2, 0.25) is 0 Å². The Hall–Kier alpha value is -3.64. The van der Waals surface area contributed by atoms with Crippen molar-refractivity contribution in [1.29, 1.82) is 5.26 Å². The third-order valence-corrected chi connectivity index (χ3v) is 3.93. The molecule has 28 heavy (non-hydrogen) atoms. The summed E-state index contributed by atoms with van der Waals surface area (Å²) in [5, 5.41) is 32.3. The maximum absolute atomic E-state index is 12.4. The molecule has 0 bridgehead atoms. The van der Waals surface area contributed by atoms with E-state index in [0.29, 0.717) is 11.3 Å². The molecule has 0 fully saturated rings. The first-order valence-electron chi connectivity index (χ1n) is 7.79. The second kappa shape index (κ2) is 9.34. The molecule has 2 aromatic carbocycles. The average Bonchev–Trinajstić information content (AvgIpc) is 2.66. The van der Waals surface area contributed by atoms with Crippen LogP contribution in [0.3, 0.4) is 0 Å². The van der Waals surface area contributed by atoms with Gasteiger partial charge in [-0.2, -0.15) is 5.26 Å². The van der Waals surface area contributed by atoms with Crippen LogP contribution in [0, 0.1) is 21.4 Å². The molecule has 2 rings (SSSR count). The van der Waals surface area contributed by atoms with E-state index in [1.54, 1.807) is 30.3 Å². The van der Waals surface area contributed by atoms with Crippen LogP contribution in [0.4, 0.5) is 11.4 Å². The van der Waals surface area contributed by atoms with E-state index in [1.165, 1.54) is 12.1 Å². The molecule has 0 saturated carbocycles. The van der Waals surface area contributed by atoms with Crippen molar-refractivity contribution in [2.45, 2.75) is 0 Å². The van der Waals surface area contributed by atoms with Crippen molar-refractivity contribution < 1.29 is 19.6 Å². The van der Waals surface area contributed by atoms with Gasteiger partial charge in [-0.3, -0.25) is 14.9 Å². The summed E-state index contributed by atoms with van der Waals surface area (Å²) in [5.41, 5.74) is -0.158. The van der Waals surface area contributed by atoms with Gasteiger partial charge in [0.25, 0.3) is 11.6 Å². The molecule has 0 heterocycles. The van der Waals surface area contributed by atoms with Crippen molar-refractivity contribution in [3.05, 3.63) is 74.8 Å². The molecule has 0 spiro atoms. The molecule has 0 radical (unpaired) electrons. The van der Waals surface area contributed by atoms with Crippen LogP contribution in [0.2, 0.25) is 0 Å². The minimum Gasteiger partial charge on any atom is -0.506 e. The van der Waals surface area contributed by atoms with Gasteiger partial charge < -0.3 is 15.2 Å². The van der Waals surface area contributed by atoms with Gasteiger partial charge in [0, 0.05) is 16.1 Å². The zero-order valence-corrected chi connectivity index (χ0v) is 16.0. The van der Waals surface area contributed by atoms with Gasteiger partial charge in [-0.25, -0.2) is 0 Å². The minimum atomic E-state index is -0.790. The highest BCUT2D eigenvalue weighted by molar-refractivity contribution is 9.10. The maximum atomic E-state index is 12.4. The van der Waals surface area contributed by atoms with Crippen molar-refractivity contribution in [2.75, 3.05) is 11.9 Å². The van der Waals surface area contributed by atoms with E-state index < -0.39 is 16.6 Å². The summed E-state index contributed by atoms with van der Waals surface area (Å²) in [6.07, 6.45) is 2.89. The number of nitro groups is 1. The first kappa shape index (κ1) is 20.7. The van der Waals surface area contributed by atoms with Gasteiger partial charge >= 0.3 is 0 Å². The smallest absolute Gasteiger partial charge is 0.273 e. The lowest BCUT2D eigenvalue weighted by Gasteiger charge is -2.09. The molecule has 9 heteroatoms. The van der Waals surface area contributed by atoms with E-state index >= 15 is 0 Å². The van der Waals surface area contributed by atoms with Crippen molar-refractivity contribution >= 4 is 39.3 Å². The van der Waals surface area contributed by atoms with Crippen LogP contribution in [0.25, 0.3) is 6.08 Å². The number of phenolic OH excluding ortho intramolecular Hbond substituents is 1. The fourth-order valence-electron chi connectivity index (χ4n) is 2.15. The second-order valence-corrected chi connectivity index (χ2v) is 6.28. The second-order valence-electron chi connectivity index (χ2n) is 5.36. The topological polar surface area (TPSA) is 125 Å². The Balaban J connectivity index is 2.31. The van der Waals surface area contributed by atoms with Crippen LogP contribution in [0.1, 0.15) is 5.56 Å². The standard InChI is InChI=1S/C19H14BrN3O5/c1-2-7-28-18-6-3-14(20)9-12(18)8-13(11-21)19(25)22-16-5-4-15(23(26)27)10-17(16)24/h2-6,8-10,24H,1,7H2,(H,22,25). The number of anilines is 1. The summed E-state index contributed by atoms with van der Waals surface area (Å²) in [6, 6.07) is 10.1. The van der Waals surface area contributed by atoms with Crippen molar-refractivity contribution in [2.24, 2.45) is 0 Å². The molecule has 0 unspecified atom stereocenters. The molecule has 2 N–H and O–H groups in total. The SMILES string of the molecule is C=CCOc1ccc(Br)cc1C=C(C#N)C(=O)Nc1ccc([N+](=O)[O-])cc1O. The summed E-state index contributed by atoms with van der Waals surface area (Å²) in [7, 11) is 0. The van der Waals surface area contributed by atoms with Crippen LogP contribution in [-0.2, 0) is 4.79 Å². The molecule has 0 aliphatic heterocycles. The Morgan fingerprint density at radius 2 is 2.14 bits per heavy atom. The third-order valence-electron chi connectivity index (χ3n) is 3.43. The number of phenols is 1. The van der Waals surface area contributed by atoms with Gasteiger partial charge in [0.1, 0.15) is 29.7 Å². The summed E-state index contributed by atoms with van der Waals surface area (Å²) < 4.78 is 6.23. The normalized spacial score (nSPS) is 10.6. The van der Waals surface area contributed by atoms with E-state index in [-0.39, 0.29) is 23.6 Å². The summed E-state index contributed by atoms with van der Waals surface area (Å²) in [5.74, 6) is -0.833. The van der Waals surface area contributed by atoms with Crippen molar-refractivity contribution in [3.63, 3.8) is 0 Å². The number of halogens is 1. The maximum Gasteiger partial charge on any atom is 0.273 e. The van der Waals surface area contributed by atoms with Crippen LogP contribution in [0.5, 0.6) is 11.5 Å². The van der Waals surface area contributed by atoms with E-state index in [1.807, 2.05) is 0 Å². The Morgan fingerprint density at radius 1 is 1.39 bits per heavy atom. The molecule has 0 saturated heterocycles. The summed E-state index contributed by atoms with van der Waals surface area (Å²) in [4.78, 5) is 22.4. The average molecular weight is 444 g/mol. The zero-order chi connectivity index (χ0) is 20.7. The van der Waals surface area contributed by atoms with Gasteiger partial charge in [0.15, 0.2) is 0 Å². The molecule has 1 amide bonds. The molecule has 0 aliphatic carbocycles. The third kappa shape index (κ3) is 5.18. The van der Waals surface area contributed by atoms with Gasteiger partial charge in [-0.15, -0.1) is 0 Å². The van der Waals surface area contributed by atoms with Gasteiger partial charge in [0.05, 0.1) is 16.7 Å². The number of aromatic hydroxyl groups is 1. The first-order chi connectivity index (χ1) is 13.3. The number of rotatable bonds is 7. The number of ether oxygens (including phenoxy) is 1. The predicted octanol–water partition coefficient (Wildman–Crippen LogP) is 4.17. The van der Waals surface area contributed by atoms with E-state index in [2.05, 4.69) is 27.8 Å². The minimum absolute atomic E-state index is 0.0610. The number of nitrogens with one attached hydrogen (secondary N) is 1. The van der Waals surface area contributed by atoms with Crippen LogP contribution >= 0.6 is 15.9 Å². The number of nitriles is 1. The van der Waals surface area contributed by atoms with Crippen LogP contribution < -0.4 is 10.1 Å². The Bertz CT molecular complexity index is 1010. The van der Waals surface area contributed by atoms with Gasteiger partial charge in [-0.05, 0) is 30.3 Å². The first-order valence-corrected chi connectivity index (χ1v) is 8.58. The number of non-ortho nitro benzene ring substituents is 1. The Kier molecular flexibility index (Phi) is 6.90. The van der Waals surface area contributed by atoms with Crippen LogP contribution in [0.15, 0.2) is 59.1 Å². The summed E-state index contributed by atoms with van der Waals surface area (Å²) >= 11 is 3.32. The predicted molar refractivity (Wildman–Crippen MR) is 107 cm³/mol. The van der Waals surface area contributed by atoms with E-state index in [0.717, 1.165) is 16.6 Å². The fraction of sp³-hybridized carbons (Fsp3) is 0.0526. The molecule has 0 aromatic heterocycles. The number of nitrogens with zero attached hydrogens (tertiary/aromatic N) is 2. The monoisotopic (exact) mass is 443 g/mol. The number of carbonyl (C=O) groups excluding carboxylic acids is 1. The summed E-state index contributed by atoms with van der Waals surface area (Å²) in [6.45, 7) is 3.81. The Labute approximate surface area is 168 Å². The lowest BCUT2D eigenvalue weighted by Crippen LogP contribution is -2.13.